The summed E-state index contributed by atoms with van der Waals surface area (Å²) in [6.07, 6.45) is 1.30. The van der Waals surface area contributed by atoms with Crippen LogP contribution < -0.4 is 10.1 Å². The molecule has 0 saturated carbocycles. The number of hydrogen-bond donors (Lipinski definition) is 1. The van der Waals surface area contributed by atoms with Crippen molar-refractivity contribution < 1.29 is 19.1 Å². The monoisotopic (exact) mass is 428 g/mol. The molecular weight excluding hydrogens is 400 g/mol. The predicted molar refractivity (Wildman–Crippen MR) is 118 cm³/mol. The van der Waals surface area contributed by atoms with Gasteiger partial charge in [-0.1, -0.05) is 19.9 Å². The molecule has 1 aliphatic rings. The zero-order valence-electron chi connectivity index (χ0n) is 17.6. The molecule has 1 aromatic heterocycles. The average Bonchev–Trinajstić information content (AvgIpc) is 3.26. The summed E-state index contributed by atoms with van der Waals surface area (Å²) in [4.78, 5) is 40.4. The first kappa shape index (κ1) is 22.0. The van der Waals surface area contributed by atoms with Gasteiger partial charge in [0.1, 0.15) is 5.75 Å². The summed E-state index contributed by atoms with van der Waals surface area (Å²) in [7, 11) is 1.54. The first-order valence-corrected chi connectivity index (χ1v) is 11.1. The Labute approximate surface area is 181 Å². The lowest BCUT2D eigenvalue weighted by molar-refractivity contribution is -0.116. The number of nitrogens with zero attached hydrogens (tertiary/aromatic N) is 1. The molecule has 7 heteroatoms. The van der Waals surface area contributed by atoms with Crippen molar-refractivity contribution in [2.24, 2.45) is 11.8 Å². The largest absolute Gasteiger partial charge is 0.497 e. The maximum Gasteiger partial charge on any atom is 0.256 e. The molecule has 1 saturated heterocycles. The molecule has 1 fully saturated rings. The van der Waals surface area contributed by atoms with Crippen molar-refractivity contribution in [1.82, 2.24) is 4.90 Å². The first-order chi connectivity index (χ1) is 14.4. The Hall–Kier alpha value is -2.67. The number of Topliss-reactive ketones (excluding diaryl/α,β-unsaturated/α-hetero) is 1. The molecule has 6 nitrogen and oxygen atoms in total. The maximum atomic E-state index is 13.2. The number of ether oxygens (including phenoxy) is 1. The normalized spacial score (nSPS) is 18.7. The van der Waals surface area contributed by atoms with E-state index in [-0.39, 0.29) is 30.4 Å². The second-order valence-electron chi connectivity index (χ2n) is 8.02. The fraction of sp³-hybridized carbons (Fsp3) is 0.435. The molecular formula is C23H28N2O4S. The van der Waals surface area contributed by atoms with Crippen LogP contribution >= 0.6 is 11.3 Å². The number of rotatable bonds is 7. The number of nitrogens with one attached hydrogen (secondary N) is 1. The minimum atomic E-state index is -0.292. The van der Waals surface area contributed by atoms with E-state index in [9.17, 15) is 14.4 Å². The first-order valence-electron chi connectivity index (χ1n) is 10.2. The van der Waals surface area contributed by atoms with E-state index in [0.29, 0.717) is 46.8 Å². The highest BCUT2D eigenvalue weighted by Crippen LogP contribution is 2.28. The number of likely N-dealkylation sites (tertiary alicyclic amines) is 1. The third-order valence-electron chi connectivity index (χ3n) is 5.26. The van der Waals surface area contributed by atoms with Crippen molar-refractivity contribution in [2.45, 2.75) is 33.1 Å². The summed E-state index contributed by atoms with van der Waals surface area (Å²) < 4.78 is 5.29. The number of carbonyl (C=O) groups is 3. The molecule has 0 radical (unpaired) electrons. The van der Waals surface area contributed by atoms with Gasteiger partial charge in [0.2, 0.25) is 5.91 Å². The van der Waals surface area contributed by atoms with Gasteiger partial charge in [-0.3, -0.25) is 14.4 Å². The number of amides is 2. The van der Waals surface area contributed by atoms with Crippen molar-refractivity contribution in [3.63, 3.8) is 0 Å². The number of thiophene rings is 1. The Kier molecular flexibility index (Phi) is 7.26. The van der Waals surface area contributed by atoms with Crippen LogP contribution in [-0.4, -0.2) is 42.7 Å². The quantitative estimate of drug-likeness (QED) is 0.660. The lowest BCUT2D eigenvalue weighted by Crippen LogP contribution is -2.42. The topological polar surface area (TPSA) is 75.7 Å². The van der Waals surface area contributed by atoms with Gasteiger partial charge < -0.3 is 15.0 Å². The van der Waals surface area contributed by atoms with Gasteiger partial charge in [-0.15, -0.1) is 11.3 Å². The fourth-order valence-electron chi connectivity index (χ4n) is 3.94. The van der Waals surface area contributed by atoms with E-state index in [1.165, 1.54) is 11.3 Å². The van der Waals surface area contributed by atoms with Crippen LogP contribution in [0, 0.1) is 11.8 Å². The van der Waals surface area contributed by atoms with Gasteiger partial charge in [0.25, 0.3) is 5.91 Å². The number of hydrogen-bond acceptors (Lipinski definition) is 5. The summed E-state index contributed by atoms with van der Waals surface area (Å²) in [6, 6.07) is 8.63. The van der Waals surface area contributed by atoms with Crippen LogP contribution in [0.4, 0.5) is 5.69 Å². The van der Waals surface area contributed by atoms with Gasteiger partial charge >= 0.3 is 0 Å². The van der Waals surface area contributed by atoms with Gasteiger partial charge in [0.05, 0.1) is 23.2 Å². The number of methoxy groups -OCH3 is 1. The molecule has 0 unspecified atom stereocenters. The minimum Gasteiger partial charge on any atom is -0.497 e. The van der Waals surface area contributed by atoms with E-state index in [1.807, 2.05) is 16.3 Å². The Morgan fingerprint density at radius 2 is 1.87 bits per heavy atom. The molecule has 2 aromatic rings. The highest BCUT2D eigenvalue weighted by Gasteiger charge is 2.28. The van der Waals surface area contributed by atoms with Crippen molar-refractivity contribution in [3.05, 3.63) is 46.2 Å². The molecule has 0 bridgehead atoms. The van der Waals surface area contributed by atoms with Crippen molar-refractivity contribution in [1.29, 1.82) is 0 Å². The number of ketones is 1. The van der Waals surface area contributed by atoms with Crippen LogP contribution in [-0.2, 0) is 4.79 Å². The summed E-state index contributed by atoms with van der Waals surface area (Å²) in [5.41, 5.74) is 0.855. The lowest BCUT2D eigenvalue weighted by Gasteiger charge is -2.35. The summed E-state index contributed by atoms with van der Waals surface area (Å²) in [6.45, 7) is 5.69. The zero-order valence-corrected chi connectivity index (χ0v) is 18.5. The molecule has 0 spiro atoms. The molecule has 2 amide bonds. The van der Waals surface area contributed by atoms with Crippen LogP contribution in [0.15, 0.2) is 35.7 Å². The Morgan fingerprint density at radius 1 is 1.13 bits per heavy atom. The van der Waals surface area contributed by atoms with E-state index in [0.717, 1.165) is 6.42 Å². The third kappa shape index (κ3) is 5.48. The summed E-state index contributed by atoms with van der Waals surface area (Å²) >= 11 is 1.37. The molecule has 1 N–H and O–H groups in total. The second-order valence-corrected chi connectivity index (χ2v) is 8.96. The summed E-state index contributed by atoms with van der Waals surface area (Å²) in [5, 5.41) is 4.65. The van der Waals surface area contributed by atoms with E-state index >= 15 is 0 Å². The minimum absolute atomic E-state index is 0.0533. The molecule has 160 valence electrons. The predicted octanol–water partition coefficient (Wildman–Crippen LogP) is 4.48. The maximum absolute atomic E-state index is 13.2. The highest BCUT2D eigenvalue weighted by atomic mass is 32.1. The molecule has 1 aromatic carbocycles. The van der Waals surface area contributed by atoms with Crippen LogP contribution in [0.1, 0.15) is 53.1 Å². The van der Waals surface area contributed by atoms with Crippen LogP contribution in [0.2, 0.25) is 0 Å². The molecule has 1 aliphatic heterocycles. The van der Waals surface area contributed by atoms with Gasteiger partial charge in [-0.2, -0.15) is 0 Å². The number of carbonyl (C=O) groups excluding carboxylic acids is 3. The van der Waals surface area contributed by atoms with Crippen LogP contribution in [0.25, 0.3) is 0 Å². The van der Waals surface area contributed by atoms with Crippen molar-refractivity contribution in [2.75, 3.05) is 25.5 Å². The molecule has 30 heavy (non-hydrogen) atoms. The van der Waals surface area contributed by atoms with Crippen molar-refractivity contribution in [3.8, 4) is 5.75 Å². The van der Waals surface area contributed by atoms with Crippen LogP contribution in [0.5, 0.6) is 5.75 Å². The van der Waals surface area contributed by atoms with E-state index < -0.39 is 0 Å². The van der Waals surface area contributed by atoms with Gasteiger partial charge in [0.15, 0.2) is 5.78 Å². The van der Waals surface area contributed by atoms with E-state index in [1.54, 1.807) is 31.4 Å². The van der Waals surface area contributed by atoms with Gasteiger partial charge in [0, 0.05) is 25.9 Å². The Bertz CT molecular complexity index is 900. The molecule has 3 rings (SSSR count). The Morgan fingerprint density at radius 3 is 2.50 bits per heavy atom. The lowest BCUT2D eigenvalue weighted by atomic mass is 9.91. The molecule has 0 aliphatic carbocycles. The van der Waals surface area contributed by atoms with Crippen LogP contribution in [0.3, 0.4) is 0 Å². The van der Waals surface area contributed by atoms with E-state index in [4.69, 9.17) is 4.74 Å². The second kappa shape index (κ2) is 9.89. The Balaban J connectivity index is 1.72. The van der Waals surface area contributed by atoms with Crippen molar-refractivity contribution >= 4 is 34.6 Å². The molecule has 2 heterocycles. The highest BCUT2D eigenvalue weighted by molar-refractivity contribution is 7.12. The van der Waals surface area contributed by atoms with Gasteiger partial charge in [-0.25, -0.2) is 0 Å². The standard InChI is InChI=1S/C23H28N2O4S/c1-15-11-16(2)14-25(13-15)23(28)18-12-17(29-3)6-7-19(18)24-22(27)9-8-20(26)21-5-4-10-30-21/h4-7,10,12,15-16H,8-9,11,13-14H2,1-3H3,(H,24,27)/t15-,16+. The summed E-state index contributed by atoms with van der Waals surface area (Å²) in [5.74, 6) is 0.968. The average molecular weight is 429 g/mol. The molecule has 2 atom stereocenters. The smallest absolute Gasteiger partial charge is 0.256 e. The zero-order chi connectivity index (χ0) is 21.7. The number of benzene rings is 1. The number of anilines is 1. The fourth-order valence-corrected chi connectivity index (χ4v) is 4.63. The SMILES string of the molecule is COc1ccc(NC(=O)CCC(=O)c2cccs2)c(C(=O)N2C[C@H](C)C[C@H](C)C2)c1. The number of piperidine rings is 1. The van der Waals surface area contributed by atoms with Gasteiger partial charge in [-0.05, 0) is 47.9 Å². The van der Waals surface area contributed by atoms with E-state index in [2.05, 4.69) is 19.2 Å². The third-order valence-corrected chi connectivity index (χ3v) is 6.17.